The van der Waals surface area contributed by atoms with E-state index in [0.717, 1.165) is 25.9 Å². The zero-order valence-electron chi connectivity index (χ0n) is 9.43. The molecule has 1 fully saturated rings. The zero-order valence-corrected chi connectivity index (χ0v) is 9.43. The Morgan fingerprint density at radius 3 is 3.24 bits per heavy atom. The molecule has 2 N–H and O–H groups in total. The number of nitrogens with one attached hydrogen (secondary N) is 1. The van der Waals surface area contributed by atoms with Gasteiger partial charge in [0.05, 0.1) is 6.10 Å². The molecule has 1 aliphatic rings. The molecule has 0 aliphatic carbocycles. The Kier molecular flexibility index (Phi) is 3.87. The molecule has 0 spiro atoms. The van der Waals surface area contributed by atoms with Crippen LogP contribution in [0.5, 0.6) is 0 Å². The normalized spacial score (nSPS) is 19.2. The maximum Gasteiger partial charge on any atom is 0.354 e. The highest BCUT2D eigenvalue weighted by Crippen LogP contribution is 2.15. The Hall–Kier alpha value is -1.69. The van der Waals surface area contributed by atoms with Gasteiger partial charge < -0.3 is 15.2 Å². The van der Waals surface area contributed by atoms with E-state index in [2.05, 4.69) is 15.3 Å². The van der Waals surface area contributed by atoms with Gasteiger partial charge in [-0.3, -0.25) is 0 Å². The van der Waals surface area contributed by atoms with Crippen LogP contribution in [0.3, 0.4) is 0 Å². The van der Waals surface area contributed by atoms with E-state index in [1.54, 1.807) is 0 Å². The summed E-state index contributed by atoms with van der Waals surface area (Å²) in [6.45, 7) is 1.53. The molecule has 1 aromatic heterocycles. The molecule has 2 rings (SSSR count). The number of carboxylic acids is 1. The molecule has 1 unspecified atom stereocenters. The van der Waals surface area contributed by atoms with Gasteiger partial charge in [-0.25, -0.2) is 14.8 Å². The third-order valence-corrected chi connectivity index (χ3v) is 2.65. The first kappa shape index (κ1) is 11.8. The fourth-order valence-corrected chi connectivity index (χ4v) is 1.78. The molecule has 0 saturated carbocycles. The fraction of sp³-hybridized carbons (Fsp3) is 0.545. The van der Waals surface area contributed by atoms with E-state index in [1.807, 2.05) is 0 Å². The van der Waals surface area contributed by atoms with E-state index in [-0.39, 0.29) is 5.69 Å². The van der Waals surface area contributed by atoms with Crippen molar-refractivity contribution in [2.75, 3.05) is 18.5 Å². The molecule has 17 heavy (non-hydrogen) atoms. The van der Waals surface area contributed by atoms with Gasteiger partial charge in [-0.2, -0.15) is 0 Å². The summed E-state index contributed by atoms with van der Waals surface area (Å²) in [5.41, 5.74) is -0.000355. The molecule has 0 aromatic carbocycles. The average molecular weight is 237 g/mol. The Morgan fingerprint density at radius 1 is 1.65 bits per heavy atom. The van der Waals surface area contributed by atoms with Gasteiger partial charge in [-0.05, 0) is 25.3 Å². The molecule has 2 heterocycles. The van der Waals surface area contributed by atoms with Crippen molar-refractivity contribution in [3.63, 3.8) is 0 Å². The number of hydrogen-bond acceptors (Lipinski definition) is 5. The SMILES string of the molecule is O=C(O)c1ccnc(NCCC2CCCO2)n1. The molecule has 0 bridgehead atoms. The van der Waals surface area contributed by atoms with Gasteiger partial charge >= 0.3 is 5.97 Å². The third-order valence-electron chi connectivity index (χ3n) is 2.65. The first-order chi connectivity index (χ1) is 8.25. The minimum absolute atomic E-state index is 0.000355. The first-order valence-corrected chi connectivity index (χ1v) is 5.67. The van der Waals surface area contributed by atoms with Crippen LogP contribution in [0.2, 0.25) is 0 Å². The molecule has 1 aromatic rings. The Labute approximate surface area is 99.0 Å². The van der Waals surface area contributed by atoms with Crippen LogP contribution >= 0.6 is 0 Å². The third kappa shape index (κ3) is 3.39. The molecule has 92 valence electrons. The van der Waals surface area contributed by atoms with E-state index in [0.29, 0.717) is 18.6 Å². The van der Waals surface area contributed by atoms with Crippen LogP contribution < -0.4 is 5.32 Å². The highest BCUT2D eigenvalue weighted by atomic mass is 16.5. The van der Waals surface area contributed by atoms with Crippen molar-refractivity contribution >= 4 is 11.9 Å². The summed E-state index contributed by atoms with van der Waals surface area (Å²) in [6, 6.07) is 1.37. The number of aromatic carboxylic acids is 1. The fourth-order valence-electron chi connectivity index (χ4n) is 1.78. The van der Waals surface area contributed by atoms with Gasteiger partial charge in [0.2, 0.25) is 5.95 Å². The van der Waals surface area contributed by atoms with Gasteiger partial charge in [0.15, 0.2) is 5.69 Å². The maximum atomic E-state index is 10.7. The van der Waals surface area contributed by atoms with Crippen LogP contribution in [0.1, 0.15) is 29.8 Å². The topological polar surface area (TPSA) is 84.3 Å². The van der Waals surface area contributed by atoms with E-state index in [1.165, 1.54) is 12.3 Å². The van der Waals surface area contributed by atoms with E-state index in [9.17, 15) is 4.79 Å². The van der Waals surface area contributed by atoms with Crippen molar-refractivity contribution in [3.05, 3.63) is 18.0 Å². The first-order valence-electron chi connectivity index (χ1n) is 5.67. The molecular weight excluding hydrogens is 222 g/mol. The van der Waals surface area contributed by atoms with Crippen molar-refractivity contribution in [2.24, 2.45) is 0 Å². The van der Waals surface area contributed by atoms with Gasteiger partial charge in [0, 0.05) is 19.3 Å². The smallest absolute Gasteiger partial charge is 0.354 e. The molecule has 1 atom stereocenters. The van der Waals surface area contributed by atoms with Gasteiger partial charge in [-0.1, -0.05) is 0 Å². The van der Waals surface area contributed by atoms with Crippen LogP contribution in [0.4, 0.5) is 5.95 Å². The second-order valence-electron chi connectivity index (χ2n) is 3.92. The van der Waals surface area contributed by atoms with Crippen LogP contribution in [0.25, 0.3) is 0 Å². The molecule has 0 radical (unpaired) electrons. The zero-order chi connectivity index (χ0) is 12.1. The highest BCUT2D eigenvalue weighted by molar-refractivity contribution is 5.85. The Bertz CT molecular complexity index is 391. The number of carbonyl (C=O) groups is 1. The number of hydrogen-bond donors (Lipinski definition) is 2. The summed E-state index contributed by atoms with van der Waals surface area (Å²) in [6.07, 6.45) is 4.85. The number of nitrogens with zero attached hydrogens (tertiary/aromatic N) is 2. The molecule has 6 nitrogen and oxygen atoms in total. The van der Waals surface area contributed by atoms with Crippen LogP contribution in [-0.2, 0) is 4.74 Å². The predicted molar refractivity (Wildman–Crippen MR) is 61.1 cm³/mol. The molecule has 1 saturated heterocycles. The van der Waals surface area contributed by atoms with Crippen molar-refractivity contribution in [1.82, 2.24) is 9.97 Å². The molecule has 0 amide bonds. The number of aromatic nitrogens is 2. The average Bonchev–Trinajstić information content (AvgIpc) is 2.82. The lowest BCUT2D eigenvalue weighted by Crippen LogP contribution is -2.14. The number of carboxylic acid groups (broad SMARTS) is 1. The Balaban J connectivity index is 1.81. The van der Waals surface area contributed by atoms with Crippen LogP contribution in [0.15, 0.2) is 12.3 Å². The molecule has 1 aliphatic heterocycles. The second kappa shape index (κ2) is 5.58. The number of ether oxygens (including phenoxy) is 1. The molecule has 6 heteroatoms. The Morgan fingerprint density at radius 2 is 2.53 bits per heavy atom. The maximum absolute atomic E-state index is 10.7. The number of rotatable bonds is 5. The van der Waals surface area contributed by atoms with Gasteiger partial charge in [0.25, 0.3) is 0 Å². The van der Waals surface area contributed by atoms with Crippen LogP contribution in [-0.4, -0.2) is 40.3 Å². The van der Waals surface area contributed by atoms with E-state index in [4.69, 9.17) is 9.84 Å². The van der Waals surface area contributed by atoms with Crippen molar-refractivity contribution in [3.8, 4) is 0 Å². The summed E-state index contributed by atoms with van der Waals surface area (Å²) in [5.74, 6) is -0.697. The monoisotopic (exact) mass is 237 g/mol. The van der Waals surface area contributed by atoms with E-state index >= 15 is 0 Å². The molecular formula is C11H15N3O3. The van der Waals surface area contributed by atoms with Crippen LogP contribution in [0, 0.1) is 0 Å². The lowest BCUT2D eigenvalue weighted by Gasteiger charge is -2.09. The quantitative estimate of drug-likeness (QED) is 0.799. The summed E-state index contributed by atoms with van der Waals surface area (Å²) in [4.78, 5) is 18.5. The minimum Gasteiger partial charge on any atom is -0.477 e. The predicted octanol–water partition coefficient (Wildman–Crippen LogP) is 1.16. The van der Waals surface area contributed by atoms with Crippen molar-refractivity contribution in [2.45, 2.75) is 25.4 Å². The summed E-state index contributed by atoms with van der Waals surface area (Å²) >= 11 is 0. The second-order valence-corrected chi connectivity index (χ2v) is 3.92. The largest absolute Gasteiger partial charge is 0.477 e. The summed E-state index contributed by atoms with van der Waals surface area (Å²) in [5, 5.41) is 11.8. The van der Waals surface area contributed by atoms with Crippen molar-refractivity contribution in [1.29, 1.82) is 0 Å². The summed E-state index contributed by atoms with van der Waals surface area (Å²) in [7, 11) is 0. The minimum atomic E-state index is -1.05. The van der Waals surface area contributed by atoms with Crippen molar-refractivity contribution < 1.29 is 14.6 Å². The lowest BCUT2D eigenvalue weighted by atomic mass is 10.2. The highest BCUT2D eigenvalue weighted by Gasteiger charge is 2.14. The standard InChI is InChI=1S/C11H15N3O3/c15-10(16)9-4-6-13-11(14-9)12-5-3-8-2-1-7-17-8/h4,6,8H,1-3,5,7H2,(H,15,16)(H,12,13,14). The van der Waals surface area contributed by atoms with E-state index < -0.39 is 5.97 Å². The van der Waals surface area contributed by atoms with Gasteiger partial charge in [0.1, 0.15) is 0 Å². The number of anilines is 1. The van der Waals surface area contributed by atoms with Gasteiger partial charge in [-0.15, -0.1) is 0 Å². The summed E-state index contributed by atoms with van der Waals surface area (Å²) < 4.78 is 5.48. The lowest BCUT2D eigenvalue weighted by molar-refractivity contribution is 0.0690.